The average molecular weight is 422 g/mol. The van der Waals surface area contributed by atoms with Crippen molar-refractivity contribution in [2.24, 2.45) is 5.92 Å². The van der Waals surface area contributed by atoms with E-state index in [1.54, 1.807) is 6.07 Å². The van der Waals surface area contributed by atoms with E-state index in [1.807, 2.05) is 18.5 Å². The van der Waals surface area contributed by atoms with Gasteiger partial charge < -0.3 is 9.64 Å². The lowest BCUT2D eigenvalue weighted by Gasteiger charge is -2.32. The summed E-state index contributed by atoms with van der Waals surface area (Å²) < 4.78 is 19.7. The normalized spacial score (nSPS) is 15.4. The second kappa shape index (κ2) is 9.42. The van der Waals surface area contributed by atoms with Gasteiger partial charge in [-0.05, 0) is 70.8 Å². The van der Waals surface area contributed by atoms with E-state index in [2.05, 4.69) is 37.7 Å². The van der Waals surface area contributed by atoms with Crippen LogP contribution in [0, 0.1) is 11.7 Å². The Bertz CT molecular complexity index is 703. The lowest BCUT2D eigenvalue weighted by Crippen LogP contribution is -2.35. The van der Waals surface area contributed by atoms with Crippen LogP contribution in [0.1, 0.15) is 37.3 Å². The second-order valence-electron chi connectivity index (χ2n) is 6.77. The number of hydrogen-bond acceptors (Lipinski definition) is 4. The van der Waals surface area contributed by atoms with E-state index >= 15 is 0 Å². The molecule has 2 aromatic rings. The smallest absolute Gasteiger partial charge is 0.225 e. The summed E-state index contributed by atoms with van der Waals surface area (Å²) in [6, 6.07) is 5.13. The molecule has 0 amide bonds. The minimum absolute atomic E-state index is 0.243. The van der Waals surface area contributed by atoms with Gasteiger partial charge in [0.05, 0.1) is 11.1 Å². The van der Waals surface area contributed by atoms with Gasteiger partial charge >= 0.3 is 0 Å². The van der Waals surface area contributed by atoms with Crippen molar-refractivity contribution in [2.45, 2.75) is 39.2 Å². The molecule has 1 aromatic carbocycles. The van der Waals surface area contributed by atoms with E-state index < -0.39 is 0 Å². The van der Waals surface area contributed by atoms with Gasteiger partial charge in [0.25, 0.3) is 0 Å². The highest BCUT2D eigenvalue weighted by Crippen LogP contribution is 2.23. The lowest BCUT2D eigenvalue weighted by atomic mass is 9.94. The van der Waals surface area contributed by atoms with Gasteiger partial charge in [0.2, 0.25) is 5.95 Å². The Morgan fingerprint density at radius 1 is 1.19 bits per heavy atom. The number of anilines is 1. The van der Waals surface area contributed by atoms with Crippen LogP contribution in [0.5, 0.6) is 0 Å². The minimum Gasteiger partial charge on any atom is -0.377 e. The summed E-state index contributed by atoms with van der Waals surface area (Å²) in [5.41, 5.74) is 2.04. The summed E-state index contributed by atoms with van der Waals surface area (Å²) >= 11 is 3.16. The average Bonchev–Trinajstić information content (AvgIpc) is 2.68. The molecule has 0 saturated carbocycles. The first-order valence-electron chi connectivity index (χ1n) is 9.23. The third-order valence-corrected chi connectivity index (χ3v) is 5.56. The Balaban J connectivity index is 1.36. The standard InChI is InChI=1S/C20H25BrFN3O/c1-2-15-12-23-20(24-13-15)25-8-5-16(6-9-25)7-10-26-14-17-3-4-18(21)19(22)11-17/h3-4,11-13,16H,2,5-10,14H2,1H3. The van der Waals surface area contributed by atoms with Crippen molar-refractivity contribution in [3.8, 4) is 0 Å². The molecule has 140 valence electrons. The Hall–Kier alpha value is -1.53. The zero-order chi connectivity index (χ0) is 18.4. The van der Waals surface area contributed by atoms with Crippen molar-refractivity contribution in [3.63, 3.8) is 0 Å². The number of piperidine rings is 1. The topological polar surface area (TPSA) is 38.2 Å². The molecule has 4 nitrogen and oxygen atoms in total. The quantitative estimate of drug-likeness (QED) is 0.603. The number of ether oxygens (including phenoxy) is 1. The fourth-order valence-electron chi connectivity index (χ4n) is 3.18. The van der Waals surface area contributed by atoms with Crippen LogP contribution in [0.25, 0.3) is 0 Å². The highest BCUT2D eigenvalue weighted by Gasteiger charge is 2.20. The molecule has 0 spiro atoms. The molecule has 0 aliphatic carbocycles. The molecule has 2 heterocycles. The summed E-state index contributed by atoms with van der Waals surface area (Å²) in [6.07, 6.45) is 8.13. The summed E-state index contributed by atoms with van der Waals surface area (Å²) in [5.74, 6) is 1.27. The highest BCUT2D eigenvalue weighted by molar-refractivity contribution is 9.10. The van der Waals surface area contributed by atoms with Gasteiger partial charge in [-0.1, -0.05) is 13.0 Å². The number of aromatic nitrogens is 2. The number of aryl methyl sites for hydroxylation is 1. The zero-order valence-corrected chi connectivity index (χ0v) is 16.7. The van der Waals surface area contributed by atoms with E-state index in [-0.39, 0.29) is 5.82 Å². The van der Waals surface area contributed by atoms with E-state index in [0.29, 0.717) is 23.6 Å². The van der Waals surface area contributed by atoms with Crippen molar-refractivity contribution < 1.29 is 9.13 Å². The van der Waals surface area contributed by atoms with E-state index in [4.69, 9.17) is 4.74 Å². The number of nitrogens with zero attached hydrogens (tertiary/aromatic N) is 3. The molecular formula is C20H25BrFN3O. The van der Waals surface area contributed by atoms with E-state index in [0.717, 1.165) is 50.3 Å². The predicted octanol–water partition coefficient (Wildman–Crippen LogP) is 4.76. The first-order valence-corrected chi connectivity index (χ1v) is 10.0. The van der Waals surface area contributed by atoms with Crippen molar-refractivity contribution in [3.05, 3.63) is 52.0 Å². The third kappa shape index (κ3) is 5.24. The van der Waals surface area contributed by atoms with Crippen molar-refractivity contribution in [1.82, 2.24) is 9.97 Å². The third-order valence-electron chi connectivity index (χ3n) is 4.92. The van der Waals surface area contributed by atoms with Crippen LogP contribution in [-0.4, -0.2) is 29.7 Å². The van der Waals surface area contributed by atoms with Crippen LogP contribution in [-0.2, 0) is 17.8 Å². The maximum Gasteiger partial charge on any atom is 0.225 e. The maximum atomic E-state index is 13.5. The highest BCUT2D eigenvalue weighted by atomic mass is 79.9. The fourth-order valence-corrected chi connectivity index (χ4v) is 3.43. The molecular weight excluding hydrogens is 397 g/mol. The van der Waals surface area contributed by atoms with E-state index in [1.165, 1.54) is 11.6 Å². The van der Waals surface area contributed by atoms with Crippen LogP contribution in [0.2, 0.25) is 0 Å². The molecule has 0 unspecified atom stereocenters. The van der Waals surface area contributed by atoms with Crippen LogP contribution in [0.3, 0.4) is 0 Å². The number of rotatable bonds is 7. The maximum absolute atomic E-state index is 13.5. The van der Waals surface area contributed by atoms with Crippen LogP contribution in [0.4, 0.5) is 10.3 Å². The van der Waals surface area contributed by atoms with Gasteiger partial charge in [-0.3, -0.25) is 0 Å². The van der Waals surface area contributed by atoms with Crippen LogP contribution >= 0.6 is 15.9 Å². The molecule has 1 aromatic heterocycles. The Morgan fingerprint density at radius 3 is 2.58 bits per heavy atom. The van der Waals surface area contributed by atoms with Crippen molar-refractivity contribution in [1.29, 1.82) is 0 Å². The minimum atomic E-state index is -0.243. The van der Waals surface area contributed by atoms with Gasteiger partial charge in [-0.15, -0.1) is 0 Å². The number of hydrogen-bond donors (Lipinski definition) is 0. The summed E-state index contributed by atoms with van der Waals surface area (Å²) in [4.78, 5) is 11.2. The second-order valence-corrected chi connectivity index (χ2v) is 7.62. The largest absolute Gasteiger partial charge is 0.377 e. The van der Waals surface area contributed by atoms with Gasteiger partial charge in [-0.2, -0.15) is 0 Å². The molecule has 3 rings (SSSR count). The first kappa shape index (κ1) is 19.2. The number of halogens is 2. The molecule has 26 heavy (non-hydrogen) atoms. The molecule has 1 fully saturated rings. The zero-order valence-electron chi connectivity index (χ0n) is 15.1. The molecule has 0 bridgehead atoms. The molecule has 0 atom stereocenters. The van der Waals surface area contributed by atoms with Gasteiger partial charge in [0.15, 0.2) is 0 Å². The summed E-state index contributed by atoms with van der Waals surface area (Å²) in [5, 5.41) is 0. The predicted molar refractivity (Wildman–Crippen MR) is 105 cm³/mol. The van der Waals surface area contributed by atoms with Crippen molar-refractivity contribution >= 4 is 21.9 Å². The SMILES string of the molecule is CCc1cnc(N2CCC(CCOCc3ccc(Br)c(F)c3)CC2)nc1. The molecule has 0 N–H and O–H groups in total. The van der Waals surface area contributed by atoms with Gasteiger partial charge in [-0.25, -0.2) is 14.4 Å². The Labute approximate surface area is 162 Å². The molecule has 1 aliphatic heterocycles. The van der Waals surface area contributed by atoms with Crippen LogP contribution in [0.15, 0.2) is 35.1 Å². The fraction of sp³-hybridized carbons (Fsp3) is 0.500. The van der Waals surface area contributed by atoms with Gasteiger partial charge in [0.1, 0.15) is 5.82 Å². The lowest BCUT2D eigenvalue weighted by molar-refractivity contribution is 0.103. The molecule has 1 aliphatic rings. The summed E-state index contributed by atoms with van der Waals surface area (Å²) in [6.45, 7) is 5.27. The monoisotopic (exact) mass is 421 g/mol. The first-order chi connectivity index (χ1) is 12.7. The molecule has 1 saturated heterocycles. The van der Waals surface area contributed by atoms with Gasteiger partial charge in [0, 0.05) is 32.1 Å². The Morgan fingerprint density at radius 2 is 1.92 bits per heavy atom. The molecule has 6 heteroatoms. The summed E-state index contributed by atoms with van der Waals surface area (Å²) in [7, 11) is 0. The number of benzene rings is 1. The van der Waals surface area contributed by atoms with E-state index in [9.17, 15) is 4.39 Å². The van der Waals surface area contributed by atoms with Crippen LogP contribution < -0.4 is 4.90 Å². The Kier molecular flexibility index (Phi) is 6.97. The molecule has 0 radical (unpaired) electrons. The van der Waals surface area contributed by atoms with Crippen molar-refractivity contribution in [2.75, 3.05) is 24.6 Å².